The molecule has 1 unspecified atom stereocenters. The third kappa shape index (κ3) is 5.35. The summed E-state index contributed by atoms with van der Waals surface area (Å²) in [5.74, 6) is 0.562. The van der Waals surface area contributed by atoms with Gasteiger partial charge in [-0.15, -0.1) is 11.3 Å². The highest BCUT2D eigenvalue weighted by atomic mass is 32.1. The van der Waals surface area contributed by atoms with Crippen molar-refractivity contribution in [2.45, 2.75) is 32.7 Å². The number of rotatable bonds is 7. The SMILES string of the molecule is CC(C)C(CNC(=O)C1CCN(C(=O)c2cccs2)CC1)Nc1ccccc1. The molecule has 0 bridgehead atoms. The van der Waals surface area contributed by atoms with Crippen LogP contribution in [0.2, 0.25) is 0 Å². The van der Waals surface area contributed by atoms with Gasteiger partial charge in [0, 0.05) is 37.3 Å². The molecular weight excluding hydrogens is 370 g/mol. The van der Waals surface area contributed by atoms with Gasteiger partial charge in [-0.2, -0.15) is 0 Å². The van der Waals surface area contributed by atoms with E-state index in [1.54, 1.807) is 0 Å². The van der Waals surface area contributed by atoms with Crippen LogP contribution in [0.25, 0.3) is 0 Å². The molecule has 1 aromatic carbocycles. The first kappa shape index (κ1) is 20.4. The number of anilines is 1. The standard InChI is InChI=1S/C22H29N3O2S/c1-16(2)19(24-18-7-4-3-5-8-18)15-23-21(26)17-10-12-25(13-11-17)22(27)20-9-6-14-28-20/h3-9,14,16-17,19,24H,10-13,15H2,1-2H3,(H,23,26). The minimum Gasteiger partial charge on any atom is -0.380 e. The average Bonchev–Trinajstić information content (AvgIpc) is 3.26. The normalized spacial score (nSPS) is 16.0. The van der Waals surface area contributed by atoms with Crippen molar-refractivity contribution in [2.24, 2.45) is 11.8 Å². The zero-order chi connectivity index (χ0) is 19.9. The Morgan fingerprint density at radius 2 is 1.82 bits per heavy atom. The Balaban J connectivity index is 1.46. The summed E-state index contributed by atoms with van der Waals surface area (Å²) in [7, 11) is 0. The summed E-state index contributed by atoms with van der Waals surface area (Å²) in [5.41, 5.74) is 1.07. The lowest BCUT2D eigenvalue weighted by molar-refractivity contribution is -0.126. The second-order valence-electron chi connectivity index (χ2n) is 7.65. The molecule has 1 atom stereocenters. The Hall–Kier alpha value is -2.34. The molecule has 1 saturated heterocycles. The van der Waals surface area contributed by atoms with Gasteiger partial charge in [-0.1, -0.05) is 38.1 Å². The number of thiophene rings is 1. The number of nitrogens with one attached hydrogen (secondary N) is 2. The highest BCUT2D eigenvalue weighted by molar-refractivity contribution is 7.12. The highest BCUT2D eigenvalue weighted by Gasteiger charge is 2.28. The van der Waals surface area contributed by atoms with E-state index < -0.39 is 0 Å². The molecule has 0 saturated carbocycles. The highest BCUT2D eigenvalue weighted by Crippen LogP contribution is 2.21. The number of nitrogens with zero attached hydrogens (tertiary/aromatic N) is 1. The minimum atomic E-state index is -0.0167. The third-order valence-electron chi connectivity index (χ3n) is 5.31. The van der Waals surface area contributed by atoms with Crippen LogP contribution in [0.1, 0.15) is 36.4 Å². The molecule has 2 amide bonds. The topological polar surface area (TPSA) is 61.4 Å². The average molecular weight is 400 g/mol. The summed E-state index contributed by atoms with van der Waals surface area (Å²) in [6, 6.07) is 14.0. The van der Waals surface area contributed by atoms with Gasteiger partial charge in [-0.05, 0) is 42.3 Å². The quantitative estimate of drug-likeness (QED) is 0.743. The van der Waals surface area contributed by atoms with E-state index in [0.29, 0.717) is 25.6 Å². The van der Waals surface area contributed by atoms with Gasteiger partial charge in [0.1, 0.15) is 0 Å². The molecule has 2 aromatic rings. The zero-order valence-corrected chi connectivity index (χ0v) is 17.4. The van der Waals surface area contributed by atoms with Gasteiger partial charge in [0.25, 0.3) is 5.91 Å². The number of hydrogen-bond donors (Lipinski definition) is 2. The molecule has 1 fully saturated rings. The number of carbonyl (C=O) groups excluding carboxylic acids is 2. The molecule has 2 N–H and O–H groups in total. The van der Waals surface area contributed by atoms with E-state index in [0.717, 1.165) is 23.4 Å². The Kier molecular flexibility index (Phi) is 7.09. The maximum absolute atomic E-state index is 12.6. The molecule has 5 nitrogen and oxygen atoms in total. The molecule has 2 heterocycles. The van der Waals surface area contributed by atoms with Crippen LogP contribution in [0.5, 0.6) is 0 Å². The van der Waals surface area contributed by atoms with Crippen molar-refractivity contribution in [3.05, 3.63) is 52.7 Å². The third-order valence-corrected chi connectivity index (χ3v) is 6.17. The van der Waals surface area contributed by atoms with Crippen LogP contribution in [0.15, 0.2) is 47.8 Å². The molecule has 28 heavy (non-hydrogen) atoms. The van der Waals surface area contributed by atoms with E-state index in [1.807, 2.05) is 52.7 Å². The molecule has 1 aliphatic rings. The number of benzene rings is 1. The molecule has 1 aliphatic heterocycles. The van der Waals surface area contributed by atoms with Crippen LogP contribution >= 0.6 is 11.3 Å². The second-order valence-corrected chi connectivity index (χ2v) is 8.60. The van der Waals surface area contributed by atoms with Crippen molar-refractivity contribution in [1.29, 1.82) is 0 Å². The van der Waals surface area contributed by atoms with Gasteiger partial charge in [0.15, 0.2) is 0 Å². The van der Waals surface area contributed by atoms with Crippen LogP contribution in [0.3, 0.4) is 0 Å². The molecule has 0 spiro atoms. The largest absolute Gasteiger partial charge is 0.380 e. The Labute approximate surface area is 171 Å². The van der Waals surface area contributed by atoms with Crippen LogP contribution in [0, 0.1) is 11.8 Å². The lowest BCUT2D eigenvalue weighted by Crippen LogP contribution is -2.45. The lowest BCUT2D eigenvalue weighted by atomic mass is 9.95. The van der Waals surface area contributed by atoms with Gasteiger partial charge in [-0.25, -0.2) is 0 Å². The fourth-order valence-corrected chi connectivity index (χ4v) is 4.15. The number of hydrogen-bond acceptors (Lipinski definition) is 4. The molecule has 0 aliphatic carbocycles. The predicted octanol–water partition coefficient (Wildman–Crippen LogP) is 3.85. The van der Waals surface area contributed by atoms with Crippen molar-refractivity contribution in [3.63, 3.8) is 0 Å². The smallest absolute Gasteiger partial charge is 0.263 e. The molecule has 6 heteroatoms. The van der Waals surface area contributed by atoms with E-state index >= 15 is 0 Å². The monoisotopic (exact) mass is 399 g/mol. The fraction of sp³-hybridized carbons (Fsp3) is 0.455. The summed E-state index contributed by atoms with van der Waals surface area (Å²) in [4.78, 5) is 27.7. The van der Waals surface area contributed by atoms with Gasteiger partial charge in [0.05, 0.1) is 4.88 Å². The van der Waals surface area contributed by atoms with Crippen LogP contribution < -0.4 is 10.6 Å². The first-order valence-corrected chi connectivity index (χ1v) is 10.8. The maximum atomic E-state index is 12.6. The molecule has 0 radical (unpaired) electrons. The minimum absolute atomic E-state index is 0.0167. The first-order chi connectivity index (χ1) is 13.5. The van der Waals surface area contributed by atoms with Gasteiger partial charge in [-0.3, -0.25) is 9.59 Å². The molecule has 3 rings (SSSR count). The van der Waals surface area contributed by atoms with E-state index in [1.165, 1.54) is 11.3 Å². The zero-order valence-electron chi connectivity index (χ0n) is 16.6. The van der Waals surface area contributed by atoms with E-state index in [4.69, 9.17) is 0 Å². The van der Waals surface area contributed by atoms with Crippen molar-refractivity contribution >= 4 is 28.8 Å². The number of likely N-dealkylation sites (tertiary alicyclic amines) is 1. The summed E-state index contributed by atoms with van der Waals surface area (Å²) < 4.78 is 0. The van der Waals surface area contributed by atoms with Crippen molar-refractivity contribution in [2.75, 3.05) is 25.0 Å². The molecule has 1 aromatic heterocycles. The maximum Gasteiger partial charge on any atom is 0.263 e. The van der Waals surface area contributed by atoms with Gasteiger partial charge >= 0.3 is 0 Å². The van der Waals surface area contributed by atoms with Crippen LogP contribution in [-0.4, -0.2) is 42.4 Å². The number of carbonyl (C=O) groups is 2. The van der Waals surface area contributed by atoms with Crippen LogP contribution in [0.4, 0.5) is 5.69 Å². The summed E-state index contributed by atoms with van der Waals surface area (Å²) >= 11 is 1.47. The summed E-state index contributed by atoms with van der Waals surface area (Å²) in [5, 5.41) is 8.55. The van der Waals surface area contributed by atoms with Crippen molar-refractivity contribution < 1.29 is 9.59 Å². The van der Waals surface area contributed by atoms with Crippen molar-refractivity contribution in [1.82, 2.24) is 10.2 Å². The predicted molar refractivity (Wildman–Crippen MR) is 115 cm³/mol. The lowest BCUT2D eigenvalue weighted by Gasteiger charge is -2.32. The number of piperidine rings is 1. The Morgan fingerprint density at radius 1 is 1.11 bits per heavy atom. The Bertz CT molecular complexity index is 753. The van der Waals surface area contributed by atoms with E-state index in [9.17, 15) is 9.59 Å². The van der Waals surface area contributed by atoms with E-state index in [-0.39, 0.29) is 23.8 Å². The fourth-order valence-electron chi connectivity index (χ4n) is 3.46. The number of para-hydroxylation sites is 1. The van der Waals surface area contributed by atoms with Gasteiger partial charge in [0.2, 0.25) is 5.91 Å². The van der Waals surface area contributed by atoms with Crippen molar-refractivity contribution in [3.8, 4) is 0 Å². The summed E-state index contributed by atoms with van der Waals surface area (Å²) in [6.07, 6.45) is 1.45. The second kappa shape index (κ2) is 9.73. The molecular formula is C22H29N3O2S. The van der Waals surface area contributed by atoms with Gasteiger partial charge < -0.3 is 15.5 Å². The number of amides is 2. The Morgan fingerprint density at radius 3 is 2.43 bits per heavy atom. The van der Waals surface area contributed by atoms with E-state index in [2.05, 4.69) is 24.5 Å². The first-order valence-electron chi connectivity index (χ1n) is 9.96. The summed E-state index contributed by atoms with van der Waals surface area (Å²) in [6.45, 7) is 6.19. The van der Waals surface area contributed by atoms with Crippen LogP contribution in [-0.2, 0) is 4.79 Å². The molecule has 150 valence electrons.